The summed E-state index contributed by atoms with van der Waals surface area (Å²) in [4.78, 5) is 0.164. The van der Waals surface area contributed by atoms with E-state index in [4.69, 9.17) is 17.3 Å². The average Bonchev–Trinajstić information content (AvgIpc) is 3.03. The molecule has 1 aliphatic heterocycles. The molecule has 4 unspecified atom stereocenters. The first kappa shape index (κ1) is 13.4. The molecule has 4 atom stereocenters. The van der Waals surface area contributed by atoms with Gasteiger partial charge in [0.2, 0.25) is 10.0 Å². The first-order valence-corrected chi connectivity index (χ1v) is 8.86. The number of nitrogens with two attached hydrogens (primary N) is 1. The molecule has 1 aromatic carbocycles. The third kappa shape index (κ3) is 2.05. The van der Waals surface area contributed by atoms with Gasteiger partial charge in [-0.25, -0.2) is 8.42 Å². The second-order valence-electron chi connectivity index (χ2n) is 6.06. The van der Waals surface area contributed by atoms with Crippen LogP contribution in [0.15, 0.2) is 29.2 Å². The largest absolute Gasteiger partial charge is 0.397 e. The van der Waals surface area contributed by atoms with E-state index in [2.05, 4.69) is 22.2 Å². The first-order chi connectivity index (χ1) is 9.94. The Hall–Kier alpha value is -1.24. The Balaban J connectivity index is 1.72. The van der Waals surface area contributed by atoms with E-state index < -0.39 is 10.0 Å². The fraction of sp³-hybridized carbons (Fsp3) is 0.429. The lowest BCUT2D eigenvalue weighted by Gasteiger charge is -2.34. The third-order valence-electron chi connectivity index (χ3n) is 4.74. The molecule has 7 heteroatoms. The highest BCUT2D eigenvalue weighted by molar-refractivity contribution is 7.89. The molecule has 2 aliphatic carbocycles. The van der Waals surface area contributed by atoms with Crippen LogP contribution in [-0.2, 0) is 10.0 Å². The van der Waals surface area contributed by atoms with Gasteiger partial charge in [0, 0.05) is 5.92 Å². The lowest BCUT2D eigenvalue weighted by molar-refractivity contribution is 0.363. The van der Waals surface area contributed by atoms with Crippen LogP contribution in [0.3, 0.4) is 0 Å². The van der Waals surface area contributed by atoms with E-state index in [0.29, 0.717) is 23.2 Å². The molecular weight excluding hydrogens is 310 g/mol. The van der Waals surface area contributed by atoms with Crippen molar-refractivity contribution in [1.82, 2.24) is 4.72 Å². The number of nitrogen functional groups attached to an aromatic ring is 1. The summed E-state index contributed by atoms with van der Waals surface area (Å²) in [6.45, 7) is 0. The number of nitrogens with one attached hydrogen (secondary N) is 2. The molecule has 3 aliphatic rings. The van der Waals surface area contributed by atoms with Crippen molar-refractivity contribution in [2.75, 3.05) is 11.1 Å². The summed E-state index contributed by atoms with van der Waals surface area (Å²) in [5, 5.41) is 3.54. The van der Waals surface area contributed by atoms with E-state index in [1.54, 1.807) is 6.07 Å². The van der Waals surface area contributed by atoms with Gasteiger partial charge < -0.3 is 11.1 Å². The van der Waals surface area contributed by atoms with Crippen LogP contribution in [-0.4, -0.2) is 14.6 Å². The summed E-state index contributed by atoms with van der Waals surface area (Å²) < 4.78 is 27.6. The summed E-state index contributed by atoms with van der Waals surface area (Å²) in [5.74, 6) is 1.31. The Kier molecular flexibility index (Phi) is 2.80. The minimum absolute atomic E-state index is 0.164. The molecular formula is C14H16ClN3O2S. The Bertz CT molecular complexity index is 747. The molecule has 0 amide bonds. The second-order valence-corrected chi connectivity index (χ2v) is 8.15. The molecule has 0 aromatic heterocycles. The van der Waals surface area contributed by atoms with Crippen LogP contribution in [0.4, 0.5) is 11.4 Å². The maximum absolute atomic E-state index is 12.4. The molecule has 1 fully saturated rings. The number of sulfonamides is 1. The van der Waals surface area contributed by atoms with E-state index in [1.807, 2.05) is 0 Å². The Morgan fingerprint density at radius 3 is 2.71 bits per heavy atom. The maximum atomic E-state index is 12.4. The van der Waals surface area contributed by atoms with Crippen LogP contribution in [0, 0.1) is 17.8 Å². The highest BCUT2D eigenvalue weighted by Gasteiger charge is 2.43. The number of allylic oxidation sites excluding steroid dienone is 2. The SMILES string of the molecule is Nc1cc2c(cc1Cl)S(=O)(=O)NC(C1CC3C=CC1C3)N2. The fourth-order valence-electron chi connectivity index (χ4n) is 3.74. The number of halogens is 1. The van der Waals surface area contributed by atoms with Gasteiger partial charge in [0.1, 0.15) is 4.90 Å². The molecule has 5 nitrogen and oxygen atoms in total. The van der Waals surface area contributed by atoms with Crippen molar-refractivity contribution in [2.45, 2.75) is 23.9 Å². The van der Waals surface area contributed by atoms with Gasteiger partial charge in [0.05, 0.1) is 22.6 Å². The number of hydrogen-bond acceptors (Lipinski definition) is 4. The highest BCUT2D eigenvalue weighted by Crippen LogP contribution is 2.46. The normalized spacial score (nSPS) is 35.5. The van der Waals surface area contributed by atoms with E-state index >= 15 is 0 Å². The minimum atomic E-state index is -3.56. The van der Waals surface area contributed by atoms with Crippen molar-refractivity contribution in [2.24, 2.45) is 17.8 Å². The van der Waals surface area contributed by atoms with Gasteiger partial charge >= 0.3 is 0 Å². The number of hydrogen-bond donors (Lipinski definition) is 3. The fourth-order valence-corrected chi connectivity index (χ4v) is 5.34. The number of rotatable bonds is 1. The topological polar surface area (TPSA) is 84.2 Å². The second kappa shape index (κ2) is 4.38. The van der Waals surface area contributed by atoms with Crippen molar-refractivity contribution < 1.29 is 8.42 Å². The van der Waals surface area contributed by atoms with E-state index in [9.17, 15) is 8.42 Å². The van der Waals surface area contributed by atoms with Crippen molar-refractivity contribution in [1.29, 1.82) is 0 Å². The van der Waals surface area contributed by atoms with Gasteiger partial charge in [0.25, 0.3) is 0 Å². The predicted molar refractivity (Wildman–Crippen MR) is 82.4 cm³/mol. The molecule has 0 radical (unpaired) electrons. The van der Waals surface area contributed by atoms with Crippen LogP contribution in [0.25, 0.3) is 0 Å². The smallest absolute Gasteiger partial charge is 0.244 e. The maximum Gasteiger partial charge on any atom is 0.244 e. The monoisotopic (exact) mass is 325 g/mol. The van der Waals surface area contributed by atoms with Crippen molar-refractivity contribution in [3.63, 3.8) is 0 Å². The van der Waals surface area contributed by atoms with E-state index in [-0.39, 0.29) is 22.0 Å². The van der Waals surface area contributed by atoms with Gasteiger partial charge in [-0.3, -0.25) is 0 Å². The molecule has 1 saturated carbocycles. The van der Waals surface area contributed by atoms with Gasteiger partial charge in [-0.15, -0.1) is 0 Å². The number of fused-ring (bicyclic) bond motifs is 3. The van der Waals surface area contributed by atoms with Crippen LogP contribution in [0.1, 0.15) is 12.8 Å². The summed E-state index contributed by atoms with van der Waals surface area (Å²) in [6.07, 6.45) is 6.30. The lowest BCUT2D eigenvalue weighted by atomic mass is 9.91. The first-order valence-electron chi connectivity index (χ1n) is 7.00. The van der Waals surface area contributed by atoms with E-state index in [0.717, 1.165) is 12.8 Å². The van der Waals surface area contributed by atoms with Crippen molar-refractivity contribution >= 4 is 33.0 Å². The van der Waals surface area contributed by atoms with E-state index in [1.165, 1.54) is 6.07 Å². The molecule has 21 heavy (non-hydrogen) atoms. The number of benzene rings is 1. The zero-order valence-electron chi connectivity index (χ0n) is 11.2. The zero-order valence-corrected chi connectivity index (χ0v) is 12.8. The minimum Gasteiger partial charge on any atom is -0.397 e. The Labute approximate surface area is 128 Å². The molecule has 0 saturated heterocycles. The highest BCUT2D eigenvalue weighted by atomic mass is 35.5. The summed E-state index contributed by atoms with van der Waals surface area (Å²) >= 11 is 5.93. The van der Waals surface area contributed by atoms with Crippen LogP contribution < -0.4 is 15.8 Å². The molecule has 112 valence electrons. The third-order valence-corrected chi connectivity index (χ3v) is 6.55. The standard InChI is InChI=1S/C14H16ClN3O2S/c15-10-5-13-12(6-11(10)16)17-14(18-21(13,19)20)9-4-7-1-2-8(9)3-7/h1-2,5-9,14,17-18H,3-4,16H2. The van der Waals surface area contributed by atoms with Crippen LogP contribution in [0.2, 0.25) is 5.02 Å². The van der Waals surface area contributed by atoms with Crippen molar-refractivity contribution in [3.05, 3.63) is 29.3 Å². The zero-order chi connectivity index (χ0) is 14.8. The van der Waals surface area contributed by atoms with Gasteiger partial charge in [-0.05, 0) is 36.8 Å². The molecule has 1 aromatic rings. The summed E-state index contributed by atoms with van der Waals surface area (Å²) in [5.41, 5.74) is 6.71. The van der Waals surface area contributed by atoms with Crippen molar-refractivity contribution in [3.8, 4) is 0 Å². The lowest BCUT2D eigenvalue weighted by Crippen LogP contribution is -2.50. The molecule has 0 spiro atoms. The quantitative estimate of drug-likeness (QED) is 0.545. The van der Waals surface area contributed by atoms with Crippen LogP contribution in [0.5, 0.6) is 0 Å². The van der Waals surface area contributed by atoms with Gasteiger partial charge in [0.15, 0.2) is 0 Å². The Morgan fingerprint density at radius 2 is 2.05 bits per heavy atom. The van der Waals surface area contributed by atoms with Gasteiger partial charge in [-0.1, -0.05) is 23.8 Å². The average molecular weight is 326 g/mol. The summed E-state index contributed by atoms with van der Waals surface area (Å²) in [6, 6.07) is 3.00. The molecule has 1 heterocycles. The molecule has 4 N–H and O–H groups in total. The summed E-state index contributed by atoms with van der Waals surface area (Å²) in [7, 11) is -3.56. The molecule has 4 rings (SSSR count). The Morgan fingerprint density at radius 1 is 1.24 bits per heavy atom. The van der Waals surface area contributed by atoms with Gasteiger partial charge in [-0.2, -0.15) is 4.72 Å². The molecule has 2 bridgehead atoms. The van der Waals surface area contributed by atoms with Crippen LogP contribution >= 0.6 is 11.6 Å². The predicted octanol–water partition coefficient (Wildman–Crippen LogP) is 2.16. The number of anilines is 2.